The normalized spacial score (nSPS) is 10.9. The molecule has 0 radical (unpaired) electrons. The van der Waals surface area contributed by atoms with Crippen LogP contribution in [0.3, 0.4) is 0 Å². The highest BCUT2D eigenvalue weighted by Gasteiger charge is 2.20. The first-order valence-electron chi connectivity index (χ1n) is 9.27. The highest BCUT2D eigenvalue weighted by atomic mass is 35.5. The predicted molar refractivity (Wildman–Crippen MR) is 122 cm³/mol. The Hall–Kier alpha value is -3.16. The van der Waals surface area contributed by atoms with Crippen LogP contribution in [0.4, 0.5) is 11.4 Å². The summed E-state index contributed by atoms with van der Waals surface area (Å²) < 4.78 is 0.946. The number of carbonyl (C=O) groups excluding carboxylic acids is 2. The fourth-order valence-corrected chi connectivity index (χ4v) is 4.71. The van der Waals surface area contributed by atoms with E-state index in [0.29, 0.717) is 32.5 Å². The summed E-state index contributed by atoms with van der Waals surface area (Å²) in [6, 6.07) is 12.7. The van der Waals surface area contributed by atoms with Crippen LogP contribution in [-0.4, -0.2) is 22.0 Å². The number of halogens is 1. The number of thiophene rings is 1. The molecule has 2 aromatic heterocycles. The van der Waals surface area contributed by atoms with Crippen LogP contribution in [0.5, 0.6) is 0 Å². The van der Waals surface area contributed by atoms with Crippen molar-refractivity contribution in [2.75, 3.05) is 10.6 Å². The minimum atomic E-state index is -0.352. The lowest BCUT2D eigenvalue weighted by Gasteiger charge is -2.11. The van der Waals surface area contributed by atoms with Crippen LogP contribution in [0.25, 0.3) is 10.1 Å². The van der Waals surface area contributed by atoms with E-state index in [9.17, 15) is 9.59 Å². The number of benzene rings is 2. The molecule has 3 N–H and O–H groups in total. The molecule has 0 spiro atoms. The highest BCUT2D eigenvalue weighted by Crippen LogP contribution is 2.36. The number of anilines is 2. The van der Waals surface area contributed by atoms with Crippen molar-refractivity contribution in [1.29, 1.82) is 0 Å². The third-order valence-electron chi connectivity index (χ3n) is 4.78. The number of aryl methyl sites for hydroxylation is 3. The summed E-state index contributed by atoms with van der Waals surface area (Å²) in [5.74, 6) is -0.689. The quantitative estimate of drug-likeness (QED) is 0.381. The molecule has 30 heavy (non-hydrogen) atoms. The van der Waals surface area contributed by atoms with Gasteiger partial charge in [0.15, 0.2) is 0 Å². The molecular weight excluding hydrogens is 420 g/mol. The Morgan fingerprint density at radius 2 is 1.80 bits per heavy atom. The molecular formula is C22H19ClN4O2S. The number of nitrogens with zero attached hydrogens (tertiary/aromatic N) is 1. The van der Waals surface area contributed by atoms with Gasteiger partial charge in [-0.25, -0.2) is 0 Å². The van der Waals surface area contributed by atoms with Crippen LogP contribution in [-0.2, 0) is 0 Å². The fourth-order valence-electron chi connectivity index (χ4n) is 3.20. The number of hydrogen-bond acceptors (Lipinski definition) is 4. The van der Waals surface area contributed by atoms with E-state index in [0.717, 1.165) is 21.3 Å². The first kappa shape index (κ1) is 20.1. The van der Waals surface area contributed by atoms with Gasteiger partial charge in [0, 0.05) is 10.1 Å². The largest absolute Gasteiger partial charge is 0.320 e. The van der Waals surface area contributed by atoms with Crippen LogP contribution in [0, 0.1) is 20.8 Å². The summed E-state index contributed by atoms with van der Waals surface area (Å²) in [5.41, 5.74) is 3.93. The Labute approximate surface area is 182 Å². The minimum absolute atomic E-state index is 0.337. The third kappa shape index (κ3) is 3.69. The molecule has 6 nitrogen and oxygen atoms in total. The number of carbonyl (C=O) groups is 2. The highest BCUT2D eigenvalue weighted by molar-refractivity contribution is 7.21. The molecule has 4 rings (SSSR count). The van der Waals surface area contributed by atoms with Gasteiger partial charge < -0.3 is 10.6 Å². The zero-order chi connectivity index (χ0) is 21.4. The van der Waals surface area contributed by atoms with Gasteiger partial charge >= 0.3 is 0 Å². The molecule has 0 aliphatic heterocycles. The Balaban J connectivity index is 1.62. The molecule has 2 amide bonds. The summed E-state index contributed by atoms with van der Waals surface area (Å²) in [7, 11) is 0. The van der Waals surface area contributed by atoms with Crippen molar-refractivity contribution in [2.24, 2.45) is 0 Å². The lowest BCUT2D eigenvalue weighted by molar-refractivity contribution is 0.102. The van der Waals surface area contributed by atoms with Gasteiger partial charge in [0.2, 0.25) is 0 Å². The average molecular weight is 439 g/mol. The van der Waals surface area contributed by atoms with Crippen molar-refractivity contribution < 1.29 is 9.59 Å². The van der Waals surface area contributed by atoms with Gasteiger partial charge in [-0.2, -0.15) is 5.10 Å². The van der Waals surface area contributed by atoms with E-state index in [2.05, 4.69) is 20.8 Å². The molecule has 0 saturated carbocycles. The maximum absolute atomic E-state index is 13.0. The molecule has 2 heterocycles. The Morgan fingerprint density at radius 1 is 1.03 bits per heavy atom. The van der Waals surface area contributed by atoms with E-state index in [1.165, 1.54) is 11.3 Å². The summed E-state index contributed by atoms with van der Waals surface area (Å²) >= 11 is 7.79. The van der Waals surface area contributed by atoms with Crippen LogP contribution >= 0.6 is 22.9 Å². The molecule has 0 aliphatic rings. The average Bonchev–Trinajstić information content (AvgIpc) is 3.21. The molecule has 4 aromatic rings. The molecule has 0 aliphatic carbocycles. The zero-order valence-electron chi connectivity index (χ0n) is 16.6. The second-order valence-corrected chi connectivity index (χ2v) is 8.44. The van der Waals surface area contributed by atoms with Gasteiger partial charge in [-0.3, -0.25) is 14.7 Å². The van der Waals surface area contributed by atoms with Gasteiger partial charge in [-0.1, -0.05) is 35.9 Å². The fraction of sp³-hybridized carbons (Fsp3) is 0.136. The number of amides is 2. The van der Waals surface area contributed by atoms with Crippen molar-refractivity contribution in [3.63, 3.8) is 0 Å². The maximum atomic E-state index is 13.0. The van der Waals surface area contributed by atoms with Crippen LogP contribution in [0.1, 0.15) is 37.0 Å². The number of fused-ring (bicyclic) bond motifs is 1. The summed E-state index contributed by atoms with van der Waals surface area (Å²) in [6.07, 6.45) is 0. The smallest absolute Gasteiger partial charge is 0.267 e. The second-order valence-electron chi connectivity index (χ2n) is 7.01. The van der Waals surface area contributed by atoms with Gasteiger partial charge in [0.1, 0.15) is 4.88 Å². The van der Waals surface area contributed by atoms with E-state index < -0.39 is 0 Å². The van der Waals surface area contributed by atoms with Crippen molar-refractivity contribution in [3.8, 4) is 0 Å². The van der Waals surface area contributed by atoms with Gasteiger partial charge in [-0.15, -0.1) is 11.3 Å². The molecule has 0 saturated heterocycles. The van der Waals surface area contributed by atoms with Crippen LogP contribution in [0.15, 0.2) is 42.5 Å². The number of aromatic nitrogens is 2. The van der Waals surface area contributed by atoms with Gasteiger partial charge in [-0.05, 0) is 44.5 Å². The van der Waals surface area contributed by atoms with E-state index in [1.54, 1.807) is 31.2 Å². The zero-order valence-corrected chi connectivity index (χ0v) is 18.2. The van der Waals surface area contributed by atoms with E-state index >= 15 is 0 Å². The number of para-hydroxylation sites is 1. The second kappa shape index (κ2) is 7.93. The molecule has 0 unspecified atom stereocenters. The molecule has 0 atom stereocenters. The third-order valence-corrected chi connectivity index (χ3v) is 6.43. The van der Waals surface area contributed by atoms with E-state index in [1.807, 2.05) is 32.0 Å². The summed E-state index contributed by atoms with van der Waals surface area (Å²) in [6.45, 7) is 5.62. The Kier molecular flexibility index (Phi) is 5.32. The number of hydrogen-bond donors (Lipinski definition) is 3. The minimum Gasteiger partial charge on any atom is -0.320 e. The standard InChI is InChI=1S/C22H19ClN4O2S/c1-11-8-9-15-17(10-11)30-20(18(15)23)22(29)24-16-7-5-4-6-14(16)21(28)25-19-12(2)26-27-13(19)3/h4-10H,1-3H3,(H,24,29)(H,25,28)(H,26,27). The maximum Gasteiger partial charge on any atom is 0.267 e. The Morgan fingerprint density at radius 3 is 2.53 bits per heavy atom. The van der Waals surface area contributed by atoms with Crippen LogP contribution < -0.4 is 10.6 Å². The lowest BCUT2D eigenvalue weighted by atomic mass is 10.1. The first-order valence-corrected chi connectivity index (χ1v) is 10.5. The van der Waals surface area contributed by atoms with E-state index in [-0.39, 0.29) is 11.8 Å². The first-order chi connectivity index (χ1) is 14.3. The van der Waals surface area contributed by atoms with Crippen molar-refractivity contribution in [3.05, 3.63) is 74.9 Å². The number of nitrogens with one attached hydrogen (secondary N) is 3. The van der Waals surface area contributed by atoms with Crippen molar-refractivity contribution >= 4 is 56.2 Å². The Bertz CT molecular complexity index is 1270. The molecule has 0 bridgehead atoms. The van der Waals surface area contributed by atoms with Gasteiger partial charge in [0.05, 0.1) is 33.3 Å². The molecule has 152 valence electrons. The number of aromatic amines is 1. The number of rotatable bonds is 4. The van der Waals surface area contributed by atoms with Crippen LogP contribution in [0.2, 0.25) is 5.02 Å². The van der Waals surface area contributed by atoms with Crippen molar-refractivity contribution in [1.82, 2.24) is 10.2 Å². The van der Waals surface area contributed by atoms with Crippen molar-refractivity contribution in [2.45, 2.75) is 20.8 Å². The molecule has 8 heteroatoms. The SMILES string of the molecule is Cc1ccc2c(Cl)c(C(=O)Nc3ccccc3C(=O)Nc3c(C)n[nH]c3C)sc2c1. The molecule has 0 fully saturated rings. The number of H-pyrrole nitrogens is 1. The summed E-state index contributed by atoms with van der Waals surface area (Å²) in [5, 5.41) is 13.9. The molecule has 2 aromatic carbocycles. The van der Waals surface area contributed by atoms with E-state index in [4.69, 9.17) is 11.6 Å². The van der Waals surface area contributed by atoms with Gasteiger partial charge in [0.25, 0.3) is 11.8 Å². The summed E-state index contributed by atoms with van der Waals surface area (Å²) in [4.78, 5) is 26.2. The predicted octanol–water partition coefficient (Wildman–Crippen LogP) is 5.71. The lowest BCUT2D eigenvalue weighted by Crippen LogP contribution is -2.18. The monoisotopic (exact) mass is 438 g/mol. The topological polar surface area (TPSA) is 86.9 Å².